The molecule has 0 aromatic carbocycles. The van der Waals surface area contributed by atoms with E-state index in [0.717, 1.165) is 24.9 Å². The van der Waals surface area contributed by atoms with Crippen LogP contribution in [-0.2, 0) is 14.2 Å². The standard InChI is InChI=1S/C27H50O3P2/c1-21(2,3)32(22(4,5)6)15-19-13-11-12-14-20(19)27(18-31)23(7)16-25(9)29-24(27,8)17-26(10,28-23)30-25/h19-20H,11-18,31H2,1-10H3/t19-,20-,23?,24?,25?,26?,27?/m1/s1. The Labute approximate surface area is 201 Å². The second-order valence-corrected chi connectivity index (χ2v) is 18.5. The molecule has 0 aromatic heterocycles. The van der Waals surface area contributed by atoms with Crippen LogP contribution in [0.4, 0.5) is 0 Å². The maximum atomic E-state index is 6.97. The summed E-state index contributed by atoms with van der Waals surface area (Å²) in [7, 11) is 3.03. The lowest BCUT2D eigenvalue weighted by Crippen LogP contribution is -2.84. The summed E-state index contributed by atoms with van der Waals surface area (Å²) >= 11 is 0. The van der Waals surface area contributed by atoms with Crippen molar-refractivity contribution < 1.29 is 14.2 Å². The summed E-state index contributed by atoms with van der Waals surface area (Å²) < 4.78 is 20.3. The van der Waals surface area contributed by atoms with Gasteiger partial charge in [0.1, 0.15) is 0 Å². The zero-order valence-electron chi connectivity index (χ0n) is 22.6. The third-order valence-corrected chi connectivity index (χ3v) is 14.1. The quantitative estimate of drug-likeness (QED) is 0.386. The molecule has 3 nitrogen and oxygen atoms in total. The molecule has 0 aromatic rings. The van der Waals surface area contributed by atoms with Crippen molar-refractivity contribution in [2.24, 2.45) is 17.3 Å². The van der Waals surface area contributed by atoms with Crippen molar-refractivity contribution in [2.45, 2.75) is 141 Å². The van der Waals surface area contributed by atoms with E-state index < -0.39 is 11.6 Å². The molecule has 32 heavy (non-hydrogen) atoms. The van der Waals surface area contributed by atoms with Crippen molar-refractivity contribution in [1.82, 2.24) is 0 Å². The van der Waals surface area contributed by atoms with Crippen molar-refractivity contribution in [3.63, 3.8) is 0 Å². The summed E-state index contributed by atoms with van der Waals surface area (Å²) in [5.74, 6) is 0.302. The van der Waals surface area contributed by atoms with Crippen LogP contribution < -0.4 is 0 Å². The number of ether oxygens (including phenoxy) is 3. The smallest absolute Gasteiger partial charge is 0.172 e. The Kier molecular flexibility index (Phi) is 6.15. The van der Waals surface area contributed by atoms with Crippen LogP contribution in [0.15, 0.2) is 0 Å². The lowest BCUT2D eigenvalue weighted by Gasteiger charge is -2.76. The van der Waals surface area contributed by atoms with E-state index in [2.05, 4.69) is 78.5 Å². The summed E-state index contributed by atoms with van der Waals surface area (Å²) in [6, 6.07) is 0. The topological polar surface area (TPSA) is 27.7 Å². The molecule has 186 valence electrons. The van der Waals surface area contributed by atoms with Gasteiger partial charge in [-0.3, -0.25) is 0 Å². The number of hydrogen-bond donors (Lipinski definition) is 0. The molecule has 5 rings (SSSR count). The van der Waals surface area contributed by atoms with Crippen LogP contribution in [0.2, 0.25) is 0 Å². The highest BCUT2D eigenvalue weighted by molar-refractivity contribution is 7.60. The molecule has 5 fully saturated rings. The van der Waals surface area contributed by atoms with Gasteiger partial charge in [0.15, 0.2) is 11.6 Å². The summed E-state index contributed by atoms with van der Waals surface area (Å²) in [6.07, 6.45) is 9.45. The molecule has 0 spiro atoms. The van der Waals surface area contributed by atoms with Gasteiger partial charge in [0.25, 0.3) is 0 Å². The number of rotatable bonds is 4. The molecule has 4 saturated heterocycles. The normalized spacial score (nSPS) is 49.1. The first kappa shape index (κ1) is 25.8. The maximum absolute atomic E-state index is 6.97. The minimum Gasteiger partial charge on any atom is -0.343 e. The van der Waals surface area contributed by atoms with Crippen LogP contribution >= 0.6 is 17.2 Å². The van der Waals surface area contributed by atoms with Crippen molar-refractivity contribution in [2.75, 3.05) is 12.3 Å². The fraction of sp³-hybridized carbons (Fsp3) is 1.00. The molecule has 5 aliphatic rings. The van der Waals surface area contributed by atoms with E-state index in [9.17, 15) is 0 Å². The van der Waals surface area contributed by atoms with E-state index in [0.29, 0.717) is 16.2 Å². The minimum absolute atomic E-state index is 0.00464. The van der Waals surface area contributed by atoms with Gasteiger partial charge >= 0.3 is 0 Å². The molecule has 4 aliphatic heterocycles. The zero-order chi connectivity index (χ0) is 24.0. The second-order valence-electron chi connectivity index (χ2n) is 14.2. The van der Waals surface area contributed by atoms with E-state index in [1.165, 1.54) is 31.8 Å². The van der Waals surface area contributed by atoms with Crippen LogP contribution in [0.5, 0.6) is 0 Å². The molecule has 4 bridgehead atoms. The van der Waals surface area contributed by atoms with Gasteiger partial charge in [-0.2, -0.15) is 0 Å². The predicted molar refractivity (Wildman–Crippen MR) is 140 cm³/mol. The third-order valence-electron chi connectivity index (χ3n) is 9.42. The average molecular weight is 485 g/mol. The number of hydrogen-bond acceptors (Lipinski definition) is 3. The van der Waals surface area contributed by atoms with Crippen LogP contribution in [0.3, 0.4) is 0 Å². The van der Waals surface area contributed by atoms with E-state index in [-0.39, 0.29) is 24.5 Å². The molecular formula is C27H50O3P2. The maximum Gasteiger partial charge on any atom is 0.172 e. The Hall–Kier alpha value is 0.740. The molecule has 4 heterocycles. The molecule has 5 unspecified atom stereocenters. The highest BCUT2D eigenvalue weighted by atomic mass is 31.1. The average Bonchev–Trinajstić information content (AvgIpc) is 2.55. The highest BCUT2D eigenvalue weighted by Gasteiger charge is 2.78. The van der Waals surface area contributed by atoms with Gasteiger partial charge in [-0.1, -0.05) is 62.3 Å². The fourth-order valence-corrected chi connectivity index (χ4v) is 14.4. The van der Waals surface area contributed by atoms with Crippen LogP contribution in [0.1, 0.15) is 108 Å². The van der Waals surface area contributed by atoms with Crippen molar-refractivity contribution in [3.8, 4) is 0 Å². The van der Waals surface area contributed by atoms with Crippen LogP contribution in [0, 0.1) is 17.3 Å². The Morgan fingerprint density at radius 3 is 1.69 bits per heavy atom. The van der Waals surface area contributed by atoms with Gasteiger partial charge in [-0.25, -0.2) is 0 Å². The lowest BCUT2D eigenvalue weighted by molar-refractivity contribution is -0.549. The van der Waals surface area contributed by atoms with Gasteiger partial charge in [0.05, 0.1) is 11.2 Å². The fourth-order valence-electron chi connectivity index (χ4n) is 9.18. The molecule has 7 atom stereocenters. The summed E-state index contributed by atoms with van der Waals surface area (Å²) in [5.41, 5.74) is -0.461. The molecular weight excluding hydrogens is 434 g/mol. The first-order valence-electron chi connectivity index (χ1n) is 13.0. The molecule has 1 saturated carbocycles. The molecule has 0 radical (unpaired) electrons. The Balaban J connectivity index is 1.77. The van der Waals surface area contributed by atoms with E-state index in [1.807, 2.05) is 0 Å². The monoisotopic (exact) mass is 484 g/mol. The SMILES string of the molecule is CC12CC3(C)OC(C)(CC(C)(O1)C3(CP)[C@@H]1CCCC[C@@H]1CP(C(C)(C)C)C(C)(C)C)O2. The lowest BCUT2D eigenvalue weighted by atomic mass is 9.46. The van der Waals surface area contributed by atoms with Gasteiger partial charge in [-0.15, -0.1) is 9.24 Å². The van der Waals surface area contributed by atoms with E-state index >= 15 is 0 Å². The largest absolute Gasteiger partial charge is 0.343 e. The summed E-state index contributed by atoms with van der Waals surface area (Å²) in [6.45, 7) is 24.0. The minimum atomic E-state index is -0.536. The highest BCUT2D eigenvalue weighted by Crippen LogP contribution is 2.72. The van der Waals surface area contributed by atoms with Crippen molar-refractivity contribution >= 4 is 17.2 Å². The molecule has 1 aliphatic carbocycles. The van der Waals surface area contributed by atoms with Gasteiger partial charge in [0.2, 0.25) is 0 Å². The Bertz CT molecular complexity index is 678. The van der Waals surface area contributed by atoms with E-state index in [1.54, 1.807) is 0 Å². The van der Waals surface area contributed by atoms with E-state index in [4.69, 9.17) is 14.2 Å². The van der Waals surface area contributed by atoms with Gasteiger partial charge < -0.3 is 14.2 Å². The predicted octanol–water partition coefficient (Wildman–Crippen LogP) is 7.55. The molecule has 0 amide bonds. The van der Waals surface area contributed by atoms with Crippen molar-refractivity contribution in [3.05, 3.63) is 0 Å². The van der Waals surface area contributed by atoms with Crippen LogP contribution in [0.25, 0.3) is 0 Å². The third kappa shape index (κ3) is 3.79. The van der Waals surface area contributed by atoms with Crippen LogP contribution in [-0.4, -0.2) is 45.4 Å². The van der Waals surface area contributed by atoms with Gasteiger partial charge in [-0.05, 0) is 75.0 Å². The second kappa shape index (κ2) is 7.62. The molecule has 5 heteroatoms. The Morgan fingerprint density at radius 2 is 1.25 bits per heavy atom. The zero-order valence-corrected chi connectivity index (χ0v) is 24.6. The Morgan fingerprint density at radius 1 is 0.781 bits per heavy atom. The van der Waals surface area contributed by atoms with Gasteiger partial charge in [0, 0.05) is 18.3 Å². The first-order valence-corrected chi connectivity index (χ1v) is 15.4. The first-order chi connectivity index (χ1) is 14.4. The summed E-state index contributed by atoms with van der Waals surface area (Å²) in [5, 5.41) is 0.729. The molecule has 0 N–H and O–H groups in total. The van der Waals surface area contributed by atoms with Crippen molar-refractivity contribution in [1.29, 1.82) is 0 Å². The summed E-state index contributed by atoms with van der Waals surface area (Å²) in [4.78, 5) is 0.